The molecular formula is C19H16ClF2N3OS. The van der Waals surface area contributed by atoms with Crippen molar-refractivity contribution in [2.24, 2.45) is 0 Å². The summed E-state index contributed by atoms with van der Waals surface area (Å²) in [5.74, 6) is -1.00. The number of β-amino-alcohol motifs (C(OH)–C–C–N with tert-alkyl or cyclic N) is 1. The van der Waals surface area contributed by atoms with Gasteiger partial charge in [0.15, 0.2) is 0 Å². The Bertz CT molecular complexity index is 950. The lowest BCUT2D eigenvalue weighted by atomic mass is 10.0. The maximum absolute atomic E-state index is 14.2. The zero-order valence-corrected chi connectivity index (χ0v) is 15.7. The van der Waals surface area contributed by atoms with Crippen LogP contribution in [0.2, 0.25) is 5.02 Å². The molecule has 3 aromatic rings. The molecule has 27 heavy (non-hydrogen) atoms. The van der Waals surface area contributed by atoms with Gasteiger partial charge in [-0.1, -0.05) is 35.1 Å². The van der Waals surface area contributed by atoms with E-state index in [-0.39, 0.29) is 5.56 Å². The molecule has 2 unspecified atom stereocenters. The first-order valence-corrected chi connectivity index (χ1v) is 9.65. The number of aliphatic hydroxyl groups excluding tert-OH is 1. The number of hydrogen-bond donors (Lipinski definition) is 1. The number of benzene rings is 2. The second kappa shape index (κ2) is 7.50. The molecule has 4 nitrogen and oxygen atoms in total. The molecule has 140 valence electrons. The maximum Gasteiger partial charge on any atom is 0.208 e. The fourth-order valence-electron chi connectivity index (χ4n) is 3.30. The quantitative estimate of drug-likeness (QED) is 0.697. The summed E-state index contributed by atoms with van der Waals surface area (Å²) in [7, 11) is 0. The van der Waals surface area contributed by atoms with Crippen molar-refractivity contribution < 1.29 is 13.9 Å². The molecule has 1 aromatic heterocycles. The molecule has 2 heterocycles. The van der Waals surface area contributed by atoms with Gasteiger partial charge in [-0.25, -0.2) is 8.78 Å². The number of anilines is 1. The lowest BCUT2D eigenvalue weighted by molar-refractivity contribution is 0.194. The van der Waals surface area contributed by atoms with E-state index in [1.165, 1.54) is 17.4 Å². The molecule has 1 saturated heterocycles. The van der Waals surface area contributed by atoms with Crippen LogP contribution in [0.5, 0.6) is 0 Å². The molecule has 1 aliphatic rings. The van der Waals surface area contributed by atoms with E-state index in [1.54, 1.807) is 4.90 Å². The smallest absolute Gasteiger partial charge is 0.208 e. The Balaban J connectivity index is 1.59. The third-order valence-electron chi connectivity index (χ3n) is 4.57. The third-order valence-corrected chi connectivity index (χ3v) is 5.78. The summed E-state index contributed by atoms with van der Waals surface area (Å²) < 4.78 is 27.9. The Morgan fingerprint density at radius 1 is 1.15 bits per heavy atom. The van der Waals surface area contributed by atoms with Crippen molar-refractivity contribution in [1.82, 2.24) is 10.2 Å². The molecule has 1 N–H and O–H groups in total. The van der Waals surface area contributed by atoms with E-state index in [9.17, 15) is 13.9 Å². The van der Waals surface area contributed by atoms with Crippen LogP contribution >= 0.6 is 22.9 Å². The van der Waals surface area contributed by atoms with E-state index in [0.717, 1.165) is 22.7 Å². The Morgan fingerprint density at radius 2 is 1.93 bits per heavy atom. The van der Waals surface area contributed by atoms with Gasteiger partial charge in [-0.15, -0.1) is 10.2 Å². The first kappa shape index (κ1) is 18.3. The van der Waals surface area contributed by atoms with Crippen LogP contribution in [0, 0.1) is 11.6 Å². The molecule has 2 atom stereocenters. The minimum Gasteiger partial charge on any atom is -0.391 e. The van der Waals surface area contributed by atoms with Crippen LogP contribution in [0.3, 0.4) is 0 Å². The number of aliphatic hydroxyl groups is 1. The van der Waals surface area contributed by atoms with Crippen molar-refractivity contribution in [3.63, 3.8) is 0 Å². The van der Waals surface area contributed by atoms with Crippen LogP contribution in [-0.4, -0.2) is 28.0 Å². The molecule has 0 radical (unpaired) electrons. The van der Waals surface area contributed by atoms with E-state index >= 15 is 0 Å². The molecule has 0 bridgehead atoms. The average Bonchev–Trinajstić information content (AvgIpc) is 3.25. The average molecular weight is 408 g/mol. The lowest BCUT2D eigenvalue weighted by Gasteiger charge is -2.23. The highest BCUT2D eigenvalue weighted by molar-refractivity contribution is 7.15. The molecule has 0 saturated carbocycles. The van der Waals surface area contributed by atoms with E-state index < -0.39 is 23.8 Å². The van der Waals surface area contributed by atoms with Crippen LogP contribution in [0.25, 0.3) is 0 Å². The first-order chi connectivity index (χ1) is 13.0. The fourth-order valence-corrected chi connectivity index (χ4v) is 4.36. The molecule has 1 aliphatic heterocycles. The van der Waals surface area contributed by atoms with Crippen LogP contribution in [0.1, 0.15) is 28.6 Å². The van der Waals surface area contributed by atoms with Gasteiger partial charge in [-0.3, -0.25) is 0 Å². The third kappa shape index (κ3) is 3.95. The minimum absolute atomic E-state index is 0.223. The standard InChI is InChI=1S/C19H16ClF2N3OS/c20-12-3-1-11(2-4-12)7-18-23-24-19(27-18)25-10-14(26)9-17(25)15-8-13(21)5-6-16(15)22/h1-6,8,14,17,26H,7,9-10H2. The largest absolute Gasteiger partial charge is 0.391 e. The topological polar surface area (TPSA) is 49.2 Å². The fraction of sp³-hybridized carbons (Fsp3) is 0.263. The minimum atomic E-state index is -0.638. The summed E-state index contributed by atoms with van der Waals surface area (Å²) in [6, 6.07) is 10.4. The Morgan fingerprint density at radius 3 is 2.70 bits per heavy atom. The van der Waals surface area contributed by atoms with E-state index in [4.69, 9.17) is 11.6 Å². The summed E-state index contributed by atoms with van der Waals surface area (Å²) in [5.41, 5.74) is 1.28. The Labute approximate surface area is 164 Å². The van der Waals surface area contributed by atoms with Gasteiger partial charge in [-0.2, -0.15) is 0 Å². The second-order valence-electron chi connectivity index (χ2n) is 6.51. The summed E-state index contributed by atoms with van der Waals surface area (Å²) in [5, 5.41) is 20.6. The van der Waals surface area contributed by atoms with E-state index in [0.29, 0.717) is 29.5 Å². The van der Waals surface area contributed by atoms with Gasteiger partial charge < -0.3 is 10.0 Å². The zero-order chi connectivity index (χ0) is 19.0. The SMILES string of the molecule is OC1CC(c2cc(F)ccc2F)N(c2nnc(Cc3ccc(Cl)cc3)s2)C1. The van der Waals surface area contributed by atoms with Gasteiger partial charge in [0.25, 0.3) is 0 Å². The van der Waals surface area contributed by atoms with Gasteiger partial charge in [0.05, 0.1) is 12.1 Å². The maximum atomic E-state index is 14.2. The molecule has 0 aliphatic carbocycles. The molecule has 0 amide bonds. The van der Waals surface area contributed by atoms with Gasteiger partial charge in [0.1, 0.15) is 16.6 Å². The van der Waals surface area contributed by atoms with Crippen LogP contribution in [-0.2, 0) is 6.42 Å². The van der Waals surface area contributed by atoms with Gasteiger partial charge >= 0.3 is 0 Å². The second-order valence-corrected chi connectivity index (χ2v) is 7.98. The Hall–Kier alpha value is -2.09. The van der Waals surface area contributed by atoms with E-state index in [2.05, 4.69) is 10.2 Å². The number of aromatic nitrogens is 2. The number of rotatable bonds is 4. The van der Waals surface area contributed by atoms with Crippen molar-refractivity contribution in [1.29, 1.82) is 0 Å². The highest BCUT2D eigenvalue weighted by Gasteiger charge is 2.35. The number of nitrogens with zero attached hydrogens (tertiary/aromatic N) is 3. The van der Waals surface area contributed by atoms with E-state index in [1.807, 2.05) is 24.3 Å². The van der Waals surface area contributed by atoms with Crippen molar-refractivity contribution >= 4 is 28.1 Å². The molecule has 0 spiro atoms. The monoisotopic (exact) mass is 407 g/mol. The number of halogens is 3. The zero-order valence-electron chi connectivity index (χ0n) is 14.1. The van der Waals surface area contributed by atoms with Crippen molar-refractivity contribution in [2.45, 2.75) is 25.0 Å². The highest BCUT2D eigenvalue weighted by Crippen LogP contribution is 2.39. The summed E-state index contributed by atoms with van der Waals surface area (Å²) >= 11 is 7.29. The summed E-state index contributed by atoms with van der Waals surface area (Å²) in [4.78, 5) is 1.80. The van der Waals surface area contributed by atoms with Crippen LogP contribution in [0.4, 0.5) is 13.9 Å². The van der Waals surface area contributed by atoms with Crippen LogP contribution in [0.15, 0.2) is 42.5 Å². The molecule has 2 aromatic carbocycles. The first-order valence-electron chi connectivity index (χ1n) is 8.46. The summed E-state index contributed by atoms with van der Waals surface area (Å²) in [6.45, 7) is 0.302. The van der Waals surface area contributed by atoms with Gasteiger partial charge in [-0.05, 0) is 42.3 Å². The molecular weight excluding hydrogens is 392 g/mol. The van der Waals surface area contributed by atoms with Crippen molar-refractivity contribution in [2.75, 3.05) is 11.4 Å². The predicted octanol–water partition coefficient (Wildman–Crippen LogP) is 4.37. The van der Waals surface area contributed by atoms with Gasteiger partial charge in [0.2, 0.25) is 5.13 Å². The predicted molar refractivity (Wildman–Crippen MR) is 101 cm³/mol. The van der Waals surface area contributed by atoms with Crippen molar-refractivity contribution in [3.05, 3.63) is 75.3 Å². The Kier molecular flexibility index (Phi) is 5.08. The molecule has 1 fully saturated rings. The van der Waals surface area contributed by atoms with Gasteiger partial charge in [0, 0.05) is 23.6 Å². The van der Waals surface area contributed by atoms with Crippen LogP contribution < -0.4 is 4.90 Å². The molecule has 4 rings (SSSR count). The normalized spacial score (nSPS) is 19.6. The molecule has 8 heteroatoms. The highest BCUT2D eigenvalue weighted by atomic mass is 35.5. The van der Waals surface area contributed by atoms with Crippen molar-refractivity contribution in [3.8, 4) is 0 Å². The number of hydrogen-bond acceptors (Lipinski definition) is 5. The summed E-state index contributed by atoms with van der Waals surface area (Å²) in [6.07, 6.45) is 0.276. The lowest BCUT2D eigenvalue weighted by Crippen LogP contribution is -2.24.